The van der Waals surface area contributed by atoms with E-state index in [1.54, 1.807) is 54.6 Å². The molecule has 1 N–H and O–H groups in total. The predicted octanol–water partition coefficient (Wildman–Crippen LogP) is 4.88. The molecule has 0 aromatic heterocycles. The van der Waals surface area contributed by atoms with E-state index < -0.39 is 17.6 Å². The van der Waals surface area contributed by atoms with Crippen LogP contribution >= 0.6 is 11.6 Å². The highest BCUT2D eigenvalue weighted by Gasteiger charge is 2.41. The van der Waals surface area contributed by atoms with E-state index in [1.165, 1.54) is 25.3 Å². The number of hydrogen-bond donors (Lipinski definition) is 1. The molecule has 0 aliphatic carbocycles. The molecule has 2 amide bonds. The lowest BCUT2D eigenvalue weighted by molar-refractivity contribution is -0.120. The van der Waals surface area contributed by atoms with Crippen molar-refractivity contribution in [1.29, 1.82) is 0 Å². The van der Waals surface area contributed by atoms with Crippen molar-refractivity contribution in [1.82, 2.24) is 0 Å². The summed E-state index contributed by atoms with van der Waals surface area (Å²) >= 11 is 6.25. The minimum atomic E-state index is -0.580. The number of imide groups is 1. The molecule has 4 rings (SSSR count). The third kappa shape index (κ3) is 3.53. The normalized spacial score (nSPS) is 13.8. The fourth-order valence-electron chi connectivity index (χ4n) is 3.23. The molecule has 0 bridgehead atoms. The number of carbonyl (C=O) groups excluding carboxylic acids is 2. The summed E-state index contributed by atoms with van der Waals surface area (Å²) in [7, 11) is 1.54. The quantitative estimate of drug-likeness (QED) is 0.595. The van der Waals surface area contributed by atoms with Gasteiger partial charge in [0.1, 0.15) is 17.3 Å². The van der Waals surface area contributed by atoms with Crippen LogP contribution in [0.2, 0.25) is 5.02 Å². The first-order valence-corrected chi connectivity index (χ1v) is 9.42. The van der Waals surface area contributed by atoms with E-state index >= 15 is 0 Å². The zero-order valence-electron chi connectivity index (χ0n) is 15.9. The van der Waals surface area contributed by atoms with Gasteiger partial charge in [-0.05, 0) is 48.0 Å². The molecule has 3 aromatic carbocycles. The van der Waals surface area contributed by atoms with Crippen LogP contribution in [0.5, 0.6) is 5.75 Å². The number of rotatable bonds is 5. The van der Waals surface area contributed by atoms with Crippen molar-refractivity contribution >= 4 is 40.4 Å². The fraction of sp³-hybridized carbons (Fsp3) is 0.0435. The Morgan fingerprint density at radius 1 is 0.933 bits per heavy atom. The van der Waals surface area contributed by atoms with Gasteiger partial charge >= 0.3 is 0 Å². The van der Waals surface area contributed by atoms with E-state index in [4.69, 9.17) is 16.3 Å². The molecule has 0 saturated heterocycles. The van der Waals surface area contributed by atoms with Crippen molar-refractivity contribution < 1.29 is 18.7 Å². The van der Waals surface area contributed by atoms with Gasteiger partial charge in [0.2, 0.25) is 0 Å². The molecule has 1 heterocycles. The van der Waals surface area contributed by atoms with Crippen LogP contribution in [-0.2, 0) is 9.59 Å². The molecule has 0 radical (unpaired) electrons. The third-order valence-corrected chi connectivity index (χ3v) is 4.97. The molecule has 1 aliphatic heterocycles. The maximum absolute atomic E-state index is 13.7. The first-order chi connectivity index (χ1) is 14.5. The van der Waals surface area contributed by atoms with Crippen LogP contribution in [0.3, 0.4) is 0 Å². The highest BCUT2D eigenvalue weighted by Crippen LogP contribution is 2.37. The van der Waals surface area contributed by atoms with E-state index in [9.17, 15) is 14.0 Å². The monoisotopic (exact) mass is 422 g/mol. The van der Waals surface area contributed by atoms with Gasteiger partial charge in [0.25, 0.3) is 11.8 Å². The number of carbonyl (C=O) groups is 2. The number of hydrogen-bond acceptors (Lipinski definition) is 4. The SMILES string of the molecule is COc1ccc(C2=C(Nc3cccc(F)c3)C(=O)N(c3ccccc3Cl)C2=O)cc1. The lowest BCUT2D eigenvalue weighted by Gasteiger charge is -2.16. The highest BCUT2D eigenvalue weighted by molar-refractivity contribution is 6.48. The third-order valence-electron chi connectivity index (χ3n) is 4.65. The van der Waals surface area contributed by atoms with E-state index in [1.807, 2.05) is 0 Å². The maximum Gasteiger partial charge on any atom is 0.282 e. The second-order valence-electron chi connectivity index (χ2n) is 6.51. The molecular weight excluding hydrogens is 407 g/mol. The molecule has 7 heteroatoms. The van der Waals surface area contributed by atoms with Gasteiger partial charge in [-0.3, -0.25) is 9.59 Å². The van der Waals surface area contributed by atoms with Crippen molar-refractivity contribution in [2.24, 2.45) is 0 Å². The molecule has 150 valence electrons. The van der Waals surface area contributed by atoms with Crippen LogP contribution in [0.25, 0.3) is 5.57 Å². The second kappa shape index (κ2) is 8.00. The molecule has 1 aliphatic rings. The summed E-state index contributed by atoms with van der Waals surface area (Å²) in [4.78, 5) is 27.6. The summed E-state index contributed by atoms with van der Waals surface area (Å²) in [5.41, 5.74) is 1.33. The standard InChI is InChI=1S/C23H16ClFN2O3/c1-30-17-11-9-14(10-12-17)20-21(26-16-6-4-5-15(25)13-16)23(29)27(22(20)28)19-8-3-2-7-18(19)24/h2-13,26H,1H3. The van der Waals surface area contributed by atoms with Crippen LogP contribution < -0.4 is 15.0 Å². The number of methoxy groups -OCH3 is 1. The highest BCUT2D eigenvalue weighted by atomic mass is 35.5. The molecule has 3 aromatic rings. The van der Waals surface area contributed by atoms with E-state index in [0.29, 0.717) is 17.0 Å². The minimum absolute atomic E-state index is 0.0377. The number of benzene rings is 3. The summed E-state index contributed by atoms with van der Waals surface area (Å²) in [6, 6.07) is 19.0. The number of nitrogens with zero attached hydrogens (tertiary/aromatic N) is 1. The molecule has 30 heavy (non-hydrogen) atoms. The molecular formula is C23H16ClFN2O3. The van der Waals surface area contributed by atoms with E-state index in [-0.39, 0.29) is 22.0 Å². The Kier molecular flexibility index (Phi) is 5.25. The van der Waals surface area contributed by atoms with Gasteiger partial charge in [-0.15, -0.1) is 0 Å². The molecule has 0 spiro atoms. The number of nitrogens with one attached hydrogen (secondary N) is 1. The Bertz CT molecular complexity index is 1180. The first kappa shape index (κ1) is 19.7. The Labute approximate surface area is 177 Å². The van der Waals surface area contributed by atoms with Crippen LogP contribution in [0.1, 0.15) is 5.56 Å². The smallest absolute Gasteiger partial charge is 0.282 e. The Morgan fingerprint density at radius 3 is 2.33 bits per heavy atom. The number of ether oxygens (including phenoxy) is 1. The molecule has 5 nitrogen and oxygen atoms in total. The lowest BCUT2D eigenvalue weighted by atomic mass is 10.0. The molecule has 0 saturated carbocycles. The average molecular weight is 423 g/mol. The summed E-state index contributed by atoms with van der Waals surface area (Å²) in [5, 5.41) is 3.18. The zero-order chi connectivity index (χ0) is 21.3. The minimum Gasteiger partial charge on any atom is -0.497 e. The van der Waals surface area contributed by atoms with Gasteiger partial charge in [0.15, 0.2) is 0 Å². The number of para-hydroxylation sites is 1. The van der Waals surface area contributed by atoms with Crippen molar-refractivity contribution in [2.75, 3.05) is 17.3 Å². The first-order valence-electron chi connectivity index (χ1n) is 9.04. The largest absolute Gasteiger partial charge is 0.497 e. The van der Waals surface area contributed by atoms with Crippen molar-refractivity contribution in [3.05, 3.63) is 94.9 Å². The van der Waals surface area contributed by atoms with Gasteiger partial charge in [0, 0.05) is 5.69 Å². The summed E-state index contributed by atoms with van der Waals surface area (Å²) in [6.45, 7) is 0. The number of halogens is 2. The van der Waals surface area contributed by atoms with Crippen molar-refractivity contribution in [2.45, 2.75) is 0 Å². The van der Waals surface area contributed by atoms with Crippen molar-refractivity contribution in [3.8, 4) is 5.75 Å². The van der Waals surface area contributed by atoms with E-state index in [2.05, 4.69) is 5.32 Å². The molecule has 0 fully saturated rings. The van der Waals surface area contributed by atoms with Gasteiger partial charge < -0.3 is 10.1 Å². The topological polar surface area (TPSA) is 58.6 Å². The van der Waals surface area contributed by atoms with E-state index in [0.717, 1.165) is 4.90 Å². The molecule has 0 unspecified atom stereocenters. The average Bonchev–Trinajstić information content (AvgIpc) is 2.98. The number of amides is 2. The zero-order valence-corrected chi connectivity index (χ0v) is 16.6. The van der Waals surface area contributed by atoms with Gasteiger partial charge in [-0.2, -0.15) is 0 Å². The van der Waals surface area contributed by atoms with Crippen LogP contribution in [0, 0.1) is 5.82 Å². The van der Waals surface area contributed by atoms with Gasteiger partial charge in [0.05, 0.1) is 23.4 Å². The number of anilines is 2. The Morgan fingerprint density at radius 2 is 1.67 bits per heavy atom. The summed E-state index contributed by atoms with van der Waals surface area (Å²) < 4.78 is 18.8. The fourth-order valence-corrected chi connectivity index (χ4v) is 3.45. The van der Waals surface area contributed by atoms with Crippen molar-refractivity contribution in [3.63, 3.8) is 0 Å². The lowest BCUT2D eigenvalue weighted by Crippen LogP contribution is -2.32. The summed E-state index contributed by atoms with van der Waals surface area (Å²) in [6.07, 6.45) is 0. The Balaban J connectivity index is 1.84. The Hall–Kier alpha value is -3.64. The summed E-state index contributed by atoms with van der Waals surface area (Å²) in [5.74, 6) is -0.967. The second-order valence-corrected chi connectivity index (χ2v) is 6.92. The van der Waals surface area contributed by atoms with Gasteiger partial charge in [-0.1, -0.05) is 41.9 Å². The predicted molar refractivity (Wildman–Crippen MR) is 114 cm³/mol. The maximum atomic E-state index is 13.7. The molecule has 0 atom stereocenters. The van der Waals surface area contributed by atoms with Gasteiger partial charge in [-0.25, -0.2) is 9.29 Å². The van der Waals surface area contributed by atoms with Crippen LogP contribution in [-0.4, -0.2) is 18.9 Å². The van der Waals surface area contributed by atoms with Crippen LogP contribution in [0.15, 0.2) is 78.5 Å². The van der Waals surface area contributed by atoms with Crippen LogP contribution in [0.4, 0.5) is 15.8 Å².